The SMILES string of the molecule is O=[N+]([O-])c1ccc(N2CCN(C3CCC4(CCNCC4)CC3)CC2)cc1. The largest absolute Gasteiger partial charge is 0.369 e. The Morgan fingerprint density at radius 3 is 2.15 bits per heavy atom. The Labute approximate surface area is 155 Å². The van der Waals surface area contributed by atoms with Crippen molar-refractivity contribution in [3.8, 4) is 0 Å². The zero-order chi connectivity index (χ0) is 18.0. The molecular formula is C20H30N4O2. The van der Waals surface area contributed by atoms with Crippen LogP contribution >= 0.6 is 0 Å². The molecule has 0 aromatic heterocycles. The Kier molecular flexibility index (Phi) is 5.14. The third-order valence-corrected chi connectivity index (χ3v) is 6.94. The van der Waals surface area contributed by atoms with Crippen molar-refractivity contribution in [1.29, 1.82) is 0 Å². The molecule has 4 rings (SSSR count). The summed E-state index contributed by atoms with van der Waals surface area (Å²) in [6.07, 6.45) is 8.26. The second kappa shape index (κ2) is 7.53. The average molecular weight is 358 g/mol. The first-order valence-electron chi connectivity index (χ1n) is 10.1. The van der Waals surface area contributed by atoms with Crippen molar-refractivity contribution in [2.45, 2.75) is 44.6 Å². The molecule has 2 heterocycles. The van der Waals surface area contributed by atoms with E-state index < -0.39 is 0 Å². The van der Waals surface area contributed by atoms with Crippen molar-refractivity contribution < 1.29 is 4.92 Å². The second-order valence-electron chi connectivity index (χ2n) is 8.28. The maximum Gasteiger partial charge on any atom is 0.269 e. The molecule has 1 saturated carbocycles. The first-order chi connectivity index (χ1) is 12.7. The highest BCUT2D eigenvalue weighted by Gasteiger charge is 2.38. The molecule has 1 N–H and O–H groups in total. The molecule has 6 heteroatoms. The molecule has 0 radical (unpaired) electrons. The van der Waals surface area contributed by atoms with E-state index in [9.17, 15) is 10.1 Å². The van der Waals surface area contributed by atoms with E-state index in [-0.39, 0.29) is 10.6 Å². The van der Waals surface area contributed by atoms with E-state index in [1.165, 1.54) is 51.6 Å². The fourth-order valence-electron chi connectivity index (χ4n) is 5.17. The van der Waals surface area contributed by atoms with Crippen molar-refractivity contribution in [2.75, 3.05) is 44.2 Å². The predicted octanol–water partition coefficient (Wildman–Crippen LogP) is 3.03. The number of non-ortho nitro benzene ring substituents is 1. The van der Waals surface area contributed by atoms with Gasteiger partial charge in [-0.2, -0.15) is 0 Å². The normalized spacial score (nSPS) is 24.7. The Hall–Kier alpha value is -1.66. The molecular weight excluding hydrogens is 328 g/mol. The summed E-state index contributed by atoms with van der Waals surface area (Å²) < 4.78 is 0. The van der Waals surface area contributed by atoms with E-state index >= 15 is 0 Å². The van der Waals surface area contributed by atoms with E-state index in [0.29, 0.717) is 5.41 Å². The topological polar surface area (TPSA) is 61.7 Å². The number of anilines is 1. The first kappa shape index (κ1) is 17.7. The molecule has 26 heavy (non-hydrogen) atoms. The lowest BCUT2D eigenvalue weighted by atomic mass is 9.67. The lowest BCUT2D eigenvalue weighted by Gasteiger charge is -2.47. The minimum Gasteiger partial charge on any atom is -0.369 e. The Balaban J connectivity index is 1.28. The molecule has 2 saturated heterocycles. The molecule has 0 unspecified atom stereocenters. The zero-order valence-electron chi connectivity index (χ0n) is 15.5. The van der Waals surface area contributed by atoms with Crippen molar-refractivity contribution in [3.05, 3.63) is 34.4 Å². The Morgan fingerprint density at radius 1 is 0.962 bits per heavy atom. The van der Waals surface area contributed by atoms with Crippen molar-refractivity contribution in [1.82, 2.24) is 10.2 Å². The minimum absolute atomic E-state index is 0.168. The number of nitro benzene ring substituents is 1. The van der Waals surface area contributed by atoms with Crippen molar-refractivity contribution >= 4 is 11.4 Å². The number of nitrogens with one attached hydrogen (secondary N) is 1. The van der Waals surface area contributed by atoms with E-state index in [1.54, 1.807) is 12.1 Å². The highest BCUT2D eigenvalue weighted by Crippen LogP contribution is 2.44. The van der Waals surface area contributed by atoms with E-state index in [1.807, 2.05) is 12.1 Å². The number of benzene rings is 1. The number of hydrogen-bond donors (Lipinski definition) is 1. The lowest BCUT2D eigenvalue weighted by Crippen LogP contribution is -2.52. The van der Waals surface area contributed by atoms with Crippen LogP contribution in [0.1, 0.15) is 38.5 Å². The summed E-state index contributed by atoms with van der Waals surface area (Å²) in [5.41, 5.74) is 1.91. The van der Waals surface area contributed by atoms with Crippen LogP contribution in [0.5, 0.6) is 0 Å². The number of rotatable bonds is 3. The molecule has 0 amide bonds. The van der Waals surface area contributed by atoms with Gasteiger partial charge >= 0.3 is 0 Å². The van der Waals surface area contributed by atoms with E-state index in [4.69, 9.17) is 0 Å². The summed E-state index contributed by atoms with van der Waals surface area (Å²) in [4.78, 5) is 15.5. The third kappa shape index (κ3) is 3.71. The third-order valence-electron chi connectivity index (χ3n) is 6.94. The minimum atomic E-state index is -0.333. The van der Waals surface area contributed by atoms with Gasteiger partial charge in [0, 0.05) is 50.0 Å². The predicted molar refractivity (Wildman–Crippen MR) is 104 cm³/mol. The molecule has 0 atom stereocenters. The van der Waals surface area contributed by atoms with Crippen LogP contribution in [0.2, 0.25) is 0 Å². The van der Waals surface area contributed by atoms with Crippen LogP contribution in [0.15, 0.2) is 24.3 Å². The fraction of sp³-hybridized carbons (Fsp3) is 0.700. The Bertz CT molecular complexity index is 609. The summed E-state index contributed by atoms with van der Waals surface area (Å²) in [5.74, 6) is 0. The highest BCUT2D eigenvalue weighted by atomic mass is 16.6. The fourth-order valence-corrected chi connectivity index (χ4v) is 5.17. The van der Waals surface area contributed by atoms with Gasteiger partial charge in [0.1, 0.15) is 0 Å². The molecule has 6 nitrogen and oxygen atoms in total. The molecule has 1 aliphatic carbocycles. The van der Waals surface area contributed by atoms with Gasteiger partial charge in [-0.1, -0.05) is 0 Å². The summed E-state index contributed by atoms with van der Waals surface area (Å²) in [7, 11) is 0. The summed E-state index contributed by atoms with van der Waals surface area (Å²) in [6.45, 7) is 6.66. The monoisotopic (exact) mass is 358 g/mol. The average Bonchev–Trinajstić information content (AvgIpc) is 2.69. The van der Waals surface area contributed by atoms with Gasteiger partial charge in [0.25, 0.3) is 5.69 Å². The van der Waals surface area contributed by atoms with Gasteiger partial charge in [-0.3, -0.25) is 15.0 Å². The molecule has 2 aliphatic heterocycles. The summed E-state index contributed by atoms with van der Waals surface area (Å²) >= 11 is 0. The molecule has 3 aliphatic rings. The van der Waals surface area contributed by atoms with Gasteiger partial charge in [0.2, 0.25) is 0 Å². The van der Waals surface area contributed by atoms with E-state index in [2.05, 4.69) is 15.1 Å². The molecule has 1 aromatic rings. The highest BCUT2D eigenvalue weighted by molar-refractivity contribution is 5.51. The quantitative estimate of drug-likeness (QED) is 0.665. The molecule has 142 valence electrons. The van der Waals surface area contributed by atoms with Crippen LogP contribution in [0.3, 0.4) is 0 Å². The summed E-state index contributed by atoms with van der Waals surface area (Å²) in [6, 6.07) is 7.75. The number of hydrogen-bond acceptors (Lipinski definition) is 5. The van der Waals surface area contributed by atoms with Crippen molar-refractivity contribution in [3.63, 3.8) is 0 Å². The van der Waals surface area contributed by atoms with Gasteiger partial charge in [-0.15, -0.1) is 0 Å². The number of piperazine rings is 1. The molecule has 1 spiro atoms. The van der Waals surface area contributed by atoms with Crippen LogP contribution in [-0.4, -0.2) is 55.1 Å². The van der Waals surface area contributed by atoms with Crippen LogP contribution in [0.4, 0.5) is 11.4 Å². The molecule has 1 aromatic carbocycles. The summed E-state index contributed by atoms with van der Waals surface area (Å²) in [5, 5.41) is 14.3. The number of nitro groups is 1. The number of nitrogens with zero attached hydrogens (tertiary/aromatic N) is 3. The van der Waals surface area contributed by atoms with Gasteiger partial charge in [-0.05, 0) is 69.2 Å². The standard InChI is InChI=1S/C20H30N4O2/c25-24(26)19-3-1-17(2-4-19)22-13-15-23(16-14-22)18-5-7-20(8-6-18)9-11-21-12-10-20/h1-4,18,21H,5-16H2. The smallest absolute Gasteiger partial charge is 0.269 e. The van der Waals surface area contributed by atoms with Crippen molar-refractivity contribution in [2.24, 2.45) is 5.41 Å². The second-order valence-corrected chi connectivity index (χ2v) is 8.28. The van der Waals surface area contributed by atoms with Crippen LogP contribution in [0, 0.1) is 15.5 Å². The van der Waals surface area contributed by atoms with Crippen LogP contribution in [-0.2, 0) is 0 Å². The van der Waals surface area contributed by atoms with Gasteiger partial charge < -0.3 is 10.2 Å². The van der Waals surface area contributed by atoms with Crippen LogP contribution in [0.25, 0.3) is 0 Å². The number of piperidine rings is 1. The first-order valence-corrected chi connectivity index (χ1v) is 10.1. The maximum atomic E-state index is 10.8. The maximum absolute atomic E-state index is 10.8. The van der Waals surface area contributed by atoms with Gasteiger partial charge in [0.15, 0.2) is 0 Å². The lowest BCUT2D eigenvalue weighted by molar-refractivity contribution is -0.384. The van der Waals surface area contributed by atoms with Gasteiger partial charge in [0.05, 0.1) is 4.92 Å². The van der Waals surface area contributed by atoms with Crippen LogP contribution < -0.4 is 10.2 Å². The Morgan fingerprint density at radius 2 is 1.58 bits per heavy atom. The van der Waals surface area contributed by atoms with Gasteiger partial charge in [-0.25, -0.2) is 0 Å². The zero-order valence-corrected chi connectivity index (χ0v) is 15.5. The molecule has 0 bridgehead atoms. The molecule has 3 fully saturated rings. The van der Waals surface area contributed by atoms with E-state index in [0.717, 1.165) is 37.9 Å².